The van der Waals surface area contributed by atoms with Crippen molar-refractivity contribution < 1.29 is 13.9 Å². The van der Waals surface area contributed by atoms with Crippen molar-refractivity contribution >= 4 is 17.7 Å². The molecule has 1 amide bonds. The van der Waals surface area contributed by atoms with Crippen LogP contribution in [0.15, 0.2) is 42.1 Å². The third-order valence-corrected chi connectivity index (χ3v) is 8.98. The summed E-state index contributed by atoms with van der Waals surface area (Å²) < 4.78 is 21.3. The Kier molecular flexibility index (Phi) is 6.69. The van der Waals surface area contributed by atoms with Gasteiger partial charge in [0, 0.05) is 12.6 Å². The van der Waals surface area contributed by atoms with Crippen molar-refractivity contribution in [1.29, 1.82) is 0 Å². The number of nitrogens with zero attached hydrogens (tertiary/aromatic N) is 3. The van der Waals surface area contributed by atoms with E-state index in [0.717, 1.165) is 17.8 Å². The third-order valence-electron chi connectivity index (χ3n) is 8.01. The lowest BCUT2D eigenvalue weighted by molar-refractivity contribution is -0.123. The van der Waals surface area contributed by atoms with Crippen molar-refractivity contribution in [3.05, 3.63) is 48.6 Å². The molecule has 4 fully saturated rings. The molecule has 0 radical (unpaired) electrons. The minimum atomic E-state index is -0.420. The largest absolute Gasteiger partial charge is 0.483 e. The molecule has 1 unspecified atom stereocenters. The standard InChI is InChI=1S/C26H33FN4O2S/c1-3-8-31-23(15-33-22-7-5-4-6-21(22)27)29-30-25(31)34-16-24(32)28-17(2)26-12-18-9-19(13-26)11-20(10-18)14-26/h3-7,17-20H,1,8-16H2,2H3,(H,28,32). The zero-order chi connectivity index (χ0) is 23.7. The molecule has 8 heteroatoms. The summed E-state index contributed by atoms with van der Waals surface area (Å²) >= 11 is 1.36. The molecule has 0 spiro atoms. The molecule has 6 rings (SSSR count). The fourth-order valence-corrected chi connectivity index (χ4v) is 7.60. The maximum atomic E-state index is 13.9. The van der Waals surface area contributed by atoms with Crippen LogP contribution >= 0.6 is 11.8 Å². The summed E-state index contributed by atoms with van der Waals surface area (Å²) in [6.45, 7) is 6.58. The minimum absolute atomic E-state index is 0.0329. The quantitative estimate of drug-likeness (QED) is 0.380. The van der Waals surface area contributed by atoms with Crippen molar-refractivity contribution in [3.8, 4) is 5.75 Å². The van der Waals surface area contributed by atoms with Gasteiger partial charge in [-0.15, -0.1) is 16.8 Å². The van der Waals surface area contributed by atoms with Gasteiger partial charge in [0.15, 0.2) is 22.5 Å². The Labute approximate surface area is 204 Å². The lowest BCUT2D eigenvalue weighted by Gasteiger charge is -2.59. The van der Waals surface area contributed by atoms with Crippen LogP contribution in [0, 0.1) is 29.0 Å². The topological polar surface area (TPSA) is 69.0 Å². The Balaban J connectivity index is 1.18. The van der Waals surface area contributed by atoms with E-state index >= 15 is 0 Å². The van der Waals surface area contributed by atoms with Crippen LogP contribution in [0.3, 0.4) is 0 Å². The number of hydrogen-bond donors (Lipinski definition) is 1. The van der Waals surface area contributed by atoms with Crippen LogP contribution in [-0.4, -0.2) is 32.5 Å². The summed E-state index contributed by atoms with van der Waals surface area (Å²) in [5.74, 6) is 3.21. The molecule has 4 aliphatic rings. The Morgan fingerprint density at radius 1 is 1.26 bits per heavy atom. The monoisotopic (exact) mass is 484 g/mol. The molecule has 1 atom stereocenters. The van der Waals surface area contributed by atoms with E-state index in [0.29, 0.717) is 17.5 Å². The van der Waals surface area contributed by atoms with Crippen LogP contribution in [0.4, 0.5) is 4.39 Å². The highest BCUT2D eigenvalue weighted by atomic mass is 32.2. The van der Waals surface area contributed by atoms with E-state index in [1.165, 1.54) is 56.4 Å². The lowest BCUT2D eigenvalue weighted by Crippen LogP contribution is -2.56. The molecule has 4 aliphatic carbocycles. The minimum Gasteiger partial charge on any atom is -0.483 e. The molecule has 4 bridgehead atoms. The molecule has 1 heterocycles. The average Bonchev–Trinajstić information content (AvgIpc) is 3.18. The summed E-state index contributed by atoms with van der Waals surface area (Å²) in [5.41, 5.74) is 0.287. The lowest BCUT2D eigenvalue weighted by atomic mass is 9.48. The summed E-state index contributed by atoms with van der Waals surface area (Å²) in [6.07, 6.45) is 9.76. The van der Waals surface area contributed by atoms with Crippen molar-refractivity contribution in [3.63, 3.8) is 0 Å². The second-order valence-corrected chi connectivity index (χ2v) is 11.3. The number of nitrogens with one attached hydrogen (secondary N) is 1. The van der Waals surface area contributed by atoms with Gasteiger partial charge < -0.3 is 10.1 Å². The fourth-order valence-electron chi connectivity index (χ4n) is 6.82. The van der Waals surface area contributed by atoms with E-state index in [-0.39, 0.29) is 35.5 Å². The number of para-hydroxylation sites is 1. The molecule has 1 aromatic carbocycles. The van der Waals surface area contributed by atoms with Crippen molar-refractivity contribution in [1.82, 2.24) is 20.1 Å². The smallest absolute Gasteiger partial charge is 0.230 e. The third kappa shape index (κ3) is 4.74. The average molecular weight is 485 g/mol. The highest BCUT2D eigenvalue weighted by Crippen LogP contribution is 2.61. The summed E-state index contributed by atoms with van der Waals surface area (Å²) in [5, 5.41) is 12.4. The number of rotatable bonds is 10. The van der Waals surface area contributed by atoms with Crippen LogP contribution in [0.5, 0.6) is 5.75 Å². The van der Waals surface area contributed by atoms with Gasteiger partial charge in [0.25, 0.3) is 0 Å². The van der Waals surface area contributed by atoms with Gasteiger partial charge in [-0.05, 0) is 80.8 Å². The fraction of sp³-hybridized carbons (Fsp3) is 0.577. The number of thioether (sulfide) groups is 1. The normalized spacial score (nSPS) is 28.0. The zero-order valence-corrected chi connectivity index (χ0v) is 20.5. The second kappa shape index (κ2) is 9.72. The van der Waals surface area contributed by atoms with Crippen LogP contribution in [-0.2, 0) is 17.9 Å². The second-order valence-electron chi connectivity index (χ2n) is 10.4. The highest BCUT2D eigenvalue weighted by molar-refractivity contribution is 7.99. The van der Waals surface area contributed by atoms with Gasteiger partial charge in [-0.25, -0.2) is 4.39 Å². The maximum absolute atomic E-state index is 13.9. The van der Waals surface area contributed by atoms with Gasteiger partial charge in [0.1, 0.15) is 6.61 Å². The molecule has 1 aromatic heterocycles. The molecular formula is C26H33FN4O2S. The number of ether oxygens (including phenoxy) is 1. The van der Waals surface area contributed by atoms with Gasteiger partial charge in [-0.3, -0.25) is 9.36 Å². The van der Waals surface area contributed by atoms with Gasteiger partial charge in [0.05, 0.1) is 5.75 Å². The first-order chi connectivity index (χ1) is 16.5. The van der Waals surface area contributed by atoms with E-state index in [4.69, 9.17) is 4.74 Å². The number of carbonyl (C=O) groups excluding carboxylic acids is 1. The number of allylic oxidation sites excluding steroid dienone is 1. The van der Waals surface area contributed by atoms with Crippen molar-refractivity contribution in [2.24, 2.45) is 23.2 Å². The van der Waals surface area contributed by atoms with Gasteiger partial charge in [0.2, 0.25) is 5.91 Å². The van der Waals surface area contributed by atoms with Crippen LogP contribution in [0.1, 0.15) is 51.3 Å². The number of halogens is 1. The van der Waals surface area contributed by atoms with E-state index < -0.39 is 5.82 Å². The summed E-state index contributed by atoms with van der Waals surface area (Å²) in [7, 11) is 0. The summed E-state index contributed by atoms with van der Waals surface area (Å²) in [6, 6.07) is 6.47. The number of hydrogen-bond acceptors (Lipinski definition) is 5. The predicted octanol–water partition coefficient (Wildman–Crippen LogP) is 5.00. The van der Waals surface area contributed by atoms with Crippen LogP contribution in [0.25, 0.3) is 0 Å². The number of aromatic nitrogens is 3. The van der Waals surface area contributed by atoms with E-state index in [1.54, 1.807) is 24.3 Å². The van der Waals surface area contributed by atoms with Gasteiger partial charge in [-0.2, -0.15) is 0 Å². The number of carbonyl (C=O) groups is 1. The SMILES string of the molecule is C=CCn1c(COc2ccccc2F)nnc1SCC(=O)NC(C)C12CC3CC(CC(C3)C1)C2. The first-order valence-corrected chi connectivity index (χ1v) is 13.3. The predicted molar refractivity (Wildman–Crippen MR) is 130 cm³/mol. The van der Waals surface area contributed by atoms with E-state index in [2.05, 4.69) is 29.0 Å². The Morgan fingerprint density at radius 2 is 1.94 bits per heavy atom. The first kappa shape index (κ1) is 23.4. The van der Waals surface area contributed by atoms with Crippen LogP contribution < -0.4 is 10.1 Å². The van der Waals surface area contributed by atoms with E-state index in [1.807, 2.05) is 4.57 Å². The molecule has 6 nitrogen and oxygen atoms in total. The van der Waals surface area contributed by atoms with Gasteiger partial charge in [-0.1, -0.05) is 30.0 Å². The number of amides is 1. The highest BCUT2D eigenvalue weighted by Gasteiger charge is 2.53. The zero-order valence-electron chi connectivity index (χ0n) is 19.7. The Bertz CT molecular complexity index is 1020. The first-order valence-electron chi connectivity index (χ1n) is 12.3. The molecular weight excluding hydrogens is 451 g/mol. The molecule has 182 valence electrons. The summed E-state index contributed by atoms with van der Waals surface area (Å²) in [4.78, 5) is 12.9. The molecule has 4 saturated carbocycles. The molecule has 34 heavy (non-hydrogen) atoms. The van der Waals surface area contributed by atoms with Crippen LogP contribution in [0.2, 0.25) is 0 Å². The molecule has 0 aliphatic heterocycles. The van der Waals surface area contributed by atoms with Crippen molar-refractivity contribution in [2.75, 3.05) is 5.75 Å². The van der Waals surface area contributed by atoms with E-state index in [9.17, 15) is 9.18 Å². The van der Waals surface area contributed by atoms with Gasteiger partial charge >= 0.3 is 0 Å². The molecule has 0 saturated heterocycles. The number of benzene rings is 1. The van der Waals surface area contributed by atoms with Crippen molar-refractivity contribution in [2.45, 2.75) is 69.8 Å². The Hall–Kier alpha value is -2.35. The maximum Gasteiger partial charge on any atom is 0.230 e. The molecule has 2 aromatic rings. The molecule has 1 N–H and O–H groups in total. The Morgan fingerprint density at radius 3 is 2.59 bits per heavy atom.